The lowest BCUT2D eigenvalue weighted by molar-refractivity contribution is -0.328. The fraction of sp³-hybridized carbons (Fsp3) is 0.792. The van der Waals surface area contributed by atoms with E-state index in [0.717, 1.165) is 0 Å². The fourth-order valence-electron chi connectivity index (χ4n) is 4.86. The van der Waals surface area contributed by atoms with Crippen molar-refractivity contribution in [2.45, 2.75) is 85.8 Å². The number of carboxylic acid groups (broad SMARTS) is 1. The fourth-order valence-corrected chi connectivity index (χ4v) is 4.86. The average Bonchev–Trinajstić information content (AvgIpc) is 2.96. The van der Waals surface area contributed by atoms with Crippen LogP contribution in [0.25, 0.3) is 0 Å². The van der Waals surface area contributed by atoms with E-state index in [1.165, 1.54) is 13.2 Å². The molecule has 17 heteroatoms. The van der Waals surface area contributed by atoms with Crippen molar-refractivity contribution in [1.82, 2.24) is 5.32 Å². The minimum atomic E-state index is -1.75. The zero-order valence-electron chi connectivity index (χ0n) is 22.2. The molecule has 2 fully saturated rings. The first-order valence-electron chi connectivity index (χ1n) is 12.7. The van der Waals surface area contributed by atoms with Crippen LogP contribution in [0.2, 0.25) is 0 Å². The van der Waals surface area contributed by atoms with Gasteiger partial charge in [-0.05, 0) is 18.6 Å². The van der Waals surface area contributed by atoms with Gasteiger partial charge in [0.15, 0.2) is 12.0 Å². The molecule has 1 saturated heterocycles. The summed E-state index contributed by atoms with van der Waals surface area (Å²) >= 11 is 0. The monoisotopic (exact) mass is 599 g/mol. The summed E-state index contributed by atoms with van der Waals surface area (Å²) in [6.07, 6.45) is -15.7. The highest BCUT2D eigenvalue weighted by atomic mass is 16.7. The zero-order valence-corrected chi connectivity index (χ0v) is 22.2. The molecule has 0 unspecified atom stereocenters. The van der Waals surface area contributed by atoms with Crippen LogP contribution in [0, 0.1) is 5.92 Å². The molecular weight excluding hydrogens is 558 g/mol. The van der Waals surface area contributed by atoms with Gasteiger partial charge in [0.25, 0.3) is 0 Å². The molecule has 0 radical (unpaired) electrons. The number of ether oxygens (including phenoxy) is 3. The summed E-state index contributed by atoms with van der Waals surface area (Å²) in [5, 5.41) is 121. The number of aliphatic carboxylic acids is 1. The van der Waals surface area contributed by atoms with Crippen molar-refractivity contribution in [2.75, 3.05) is 26.9 Å². The standard InChI is InChI=1S/C20H35NO13.C4H6O3/c22-3-6-1-8(12(26)15(29)11(6)25)21-9-2-7(4-23)19(17(31)13(9)27)34-20-18(32)16(30)14(28)10(5-24)33-20;1-3(7-2)4(5)6/h1,7-32H,2-5H2;1H2,2H3,(H,5,6)/t7-,8+,9+,10-,11+,12+,13+,14-,15+,16+,17-,18-,19-,20+;/m1./s1. The predicted molar refractivity (Wildman–Crippen MR) is 134 cm³/mol. The first-order chi connectivity index (χ1) is 19.2. The number of carbonyl (C=O) groups is 1. The molecule has 0 spiro atoms. The molecule has 14 atom stereocenters. The maximum Gasteiger partial charge on any atom is 0.370 e. The van der Waals surface area contributed by atoms with E-state index in [0.29, 0.717) is 0 Å². The minimum absolute atomic E-state index is 0.0129. The highest BCUT2D eigenvalue weighted by molar-refractivity contribution is 5.83. The topological polar surface area (TPSA) is 300 Å². The minimum Gasteiger partial charge on any atom is -0.490 e. The van der Waals surface area contributed by atoms with Crippen molar-refractivity contribution in [2.24, 2.45) is 5.92 Å². The van der Waals surface area contributed by atoms with E-state index in [9.17, 15) is 61.0 Å². The Labute approximate surface area is 234 Å². The summed E-state index contributed by atoms with van der Waals surface area (Å²) in [6.45, 7) is 1.25. The summed E-state index contributed by atoms with van der Waals surface area (Å²) in [6, 6.07) is -1.94. The van der Waals surface area contributed by atoms with Gasteiger partial charge in [-0.25, -0.2) is 4.79 Å². The molecule has 0 aromatic rings. The zero-order chi connectivity index (χ0) is 31.2. The molecule has 0 aromatic carbocycles. The van der Waals surface area contributed by atoms with Crippen LogP contribution in [0.5, 0.6) is 0 Å². The van der Waals surface area contributed by atoms with Gasteiger partial charge in [-0.1, -0.05) is 6.08 Å². The Morgan fingerprint density at radius 1 is 0.927 bits per heavy atom. The molecule has 41 heavy (non-hydrogen) atoms. The molecule has 3 rings (SSSR count). The smallest absolute Gasteiger partial charge is 0.370 e. The van der Waals surface area contributed by atoms with Gasteiger partial charge < -0.3 is 80.8 Å². The third kappa shape index (κ3) is 8.18. The van der Waals surface area contributed by atoms with Crippen molar-refractivity contribution < 1.29 is 80.3 Å². The first kappa shape index (κ1) is 35.4. The highest BCUT2D eigenvalue weighted by Gasteiger charge is 2.50. The average molecular weight is 600 g/mol. The quantitative estimate of drug-likeness (QED) is 0.0665. The Bertz CT molecular complexity index is 886. The second-order valence-corrected chi connectivity index (χ2v) is 10.0. The maximum atomic E-state index is 10.7. The lowest BCUT2D eigenvalue weighted by atomic mass is 9.78. The van der Waals surface area contributed by atoms with Gasteiger partial charge >= 0.3 is 5.97 Å². The van der Waals surface area contributed by atoms with Gasteiger partial charge in [0.2, 0.25) is 0 Å². The first-order valence-corrected chi connectivity index (χ1v) is 12.7. The molecular formula is C24H41NO16. The van der Waals surface area contributed by atoms with Gasteiger partial charge in [-0.2, -0.15) is 0 Å². The Morgan fingerprint density at radius 2 is 1.56 bits per heavy atom. The molecule has 17 nitrogen and oxygen atoms in total. The second-order valence-electron chi connectivity index (χ2n) is 10.0. The lowest BCUT2D eigenvalue weighted by Gasteiger charge is -2.47. The van der Waals surface area contributed by atoms with Crippen LogP contribution in [0.4, 0.5) is 0 Å². The van der Waals surface area contributed by atoms with Crippen molar-refractivity contribution in [3.05, 3.63) is 24.0 Å². The van der Waals surface area contributed by atoms with Crippen LogP contribution in [0.1, 0.15) is 6.42 Å². The Morgan fingerprint density at radius 3 is 2.05 bits per heavy atom. The van der Waals surface area contributed by atoms with Gasteiger partial charge in [0.05, 0.1) is 38.6 Å². The summed E-state index contributed by atoms with van der Waals surface area (Å²) in [7, 11) is 1.26. The number of nitrogens with one attached hydrogen (secondary N) is 1. The van der Waals surface area contributed by atoms with Crippen LogP contribution in [0.3, 0.4) is 0 Å². The SMILES string of the molecule is C=C(OC)C(=O)O.OCC1=C[C@H](N[C@H]2C[C@H](CO)[C@@H](O[C@@H]3O[C@H](CO)[C@@H](O)[C@H](O)[C@H]3O)[C@H](O)[C@H]2O)[C@H](O)[C@@H](O)[C@H]1O. The molecule has 0 aromatic heterocycles. The maximum absolute atomic E-state index is 10.7. The van der Waals surface area contributed by atoms with Crippen LogP contribution in [-0.2, 0) is 19.0 Å². The third-order valence-electron chi connectivity index (χ3n) is 7.38. The normalized spacial score (nSPS) is 42.9. The Balaban J connectivity index is 0.000000745. The number of carboxylic acids is 1. The number of aliphatic hydroxyl groups is 11. The van der Waals surface area contributed by atoms with E-state index in [-0.39, 0.29) is 17.8 Å². The largest absolute Gasteiger partial charge is 0.490 e. The van der Waals surface area contributed by atoms with Crippen molar-refractivity contribution >= 4 is 5.97 Å². The molecule has 3 aliphatic rings. The second kappa shape index (κ2) is 15.6. The summed E-state index contributed by atoms with van der Waals surface area (Å²) < 4.78 is 15.1. The highest BCUT2D eigenvalue weighted by Crippen LogP contribution is 2.33. The molecule has 238 valence electrons. The van der Waals surface area contributed by atoms with Gasteiger partial charge in [-0.15, -0.1) is 0 Å². The van der Waals surface area contributed by atoms with Gasteiger partial charge in [-0.3, -0.25) is 0 Å². The Kier molecular flexibility index (Phi) is 13.5. The Hall–Kier alpha value is -1.81. The van der Waals surface area contributed by atoms with E-state index < -0.39 is 111 Å². The molecule has 2 aliphatic carbocycles. The molecule has 0 bridgehead atoms. The molecule has 1 heterocycles. The van der Waals surface area contributed by atoms with Gasteiger partial charge in [0, 0.05) is 18.6 Å². The van der Waals surface area contributed by atoms with E-state index in [1.54, 1.807) is 0 Å². The van der Waals surface area contributed by atoms with Crippen molar-refractivity contribution in [1.29, 1.82) is 0 Å². The lowest BCUT2D eigenvalue weighted by Crippen LogP contribution is -2.66. The van der Waals surface area contributed by atoms with E-state index in [2.05, 4.69) is 16.6 Å². The number of aliphatic hydroxyl groups excluding tert-OH is 11. The van der Waals surface area contributed by atoms with E-state index in [1.807, 2.05) is 0 Å². The predicted octanol–water partition coefficient (Wildman–Crippen LogP) is -6.52. The van der Waals surface area contributed by atoms with E-state index in [4.69, 9.17) is 14.6 Å². The number of rotatable bonds is 9. The summed E-state index contributed by atoms with van der Waals surface area (Å²) in [5.74, 6) is -2.19. The number of hydrogen-bond acceptors (Lipinski definition) is 16. The summed E-state index contributed by atoms with van der Waals surface area (Å²) in [5.41, 5.74) is 0.0590. The van der Waals surface area contributed by atoms with Crippen LogP contribution < -0.4 is 5.32 Å². The summed E-state index contributed by atoms with van der Waals surface area (Å²) in [4.78, 5) is 9.71. The number of hydrogen-bond donors (Lipinski definition) is 13. The van der Waals surface area contributed by atoms with Crippen molar-refractivity contribution in [3.63, 3.8) is 0 Å². The van der Waals surface area contributed by atoms with Crippen LogP contribution in [0.15, 0.2) is 24.0 Å². The van der Waals surface area contributed by atoms with Crippen molar-refractivity contribution in [3.8, 4) is 0 Å². The third-order valence-corrected chi connectivity index (χ3v) is 7.38. The number of methoxy groups -OCH3 is 1. The van der Waals surface area contributed by atoms with Crippen LogP contribution in [-0.4, -0.2) is 174 Å². The molecule has 0 amide bonds. The molecule has 13 N–H and O–H groups in total. The molecule has 1 aliphatic heterocycles. The van der Waals surface area contributed by atoms with E-state index >= 15 is 0 Å². The van der Waals surface area contributed by atoms with Crippen LogP contribution >= 0.6 is 0 Å². The molecule has 1 saturated carbocycles. The van der Waals surface area contributed by atoms with Gasteiger partial charge in [0.1, 0.15) is 48.8 Å².